The normalized spacial score (nSPS) is 17.0. The number of carbonyl (C=O) groups is 2. The van der Waals surface area contributed by atoms with Crippen LogP contribution in [0.5, 0.6) is 11.6 Å². The van der Waals surface area contributed by atoms with Gasteiger partial charge in [-0.25, -0.2) is 9.79 Å². The van der Waals surface area contributed by atoms with Crippen molar-refractivity contribution in [1.29, 1.82) is 0 Å². The van der Waals surface area contributed by atoms with Crippen LogP contribution in [-0.4, -0.2) is 44.4 Å². The molecule has 0 aliphatic carbocycles. The third kappa shape index (κ3) is 5.66. The second-order valence-corrected chi connectivity index (χ2v) is 9.19. The molecule has 0 unspecified atom stereocenters. The second-order valence-electron chi connectivity index (χ2n) is 7.99. The van der Waals surface area contributed by atoms with E-state index in [1.54, 1.807) is 36.4 Å². The Balaban J connectivity index is 1.59. The van der Waals surface area contributed by atoms with E-state index in [1.165, 1.54) is 7.11 Å². The molecule has 186 valence electrons. The first kappa shape index (κ1) is 24.8. The van der Waals surface area contributed by atoms with Gasteiger partial charge >= 0.3 is 5.69 Å². The summed E-state index contributed by atoms with van der Waals surface area (Å²) in [6.45, 7) is 1.94. The van der Waals surface area contributed by atoms with Crippen molar-refractivity contribution in [2.45, 2.75) is 24.6 Å². The Morgan fingerprint density at radius 3 is 2.44 bits per heavy atom. The zero-order valence-corrected chi connectivity index (χ0v) is 20.1. The number of thioether (sulfide) groups is 1. The van der Waals surface area contributed by atoms with E-state index in [1.807, 2.05) is 19.1 Å². The number of anilines is 1. The summed E-state index contributed by atoms with van der Waals surface area (Å²) in [5.74, 6) is -0.828. The van der Waals surface area contributed by atoms with Crippen molar-refractivity contribution < 1.29 is 19.4 Å². The molecule has 0 radical (unpaired) electrons. The van der Waals surface area contributed by atoms with E-state index in [0.717, 1.165) is 17.3 Å². The smallest absolute Gasteiger partial charge is 0.328 e. The molecule has 1 aromatic heterocycles. The monoisotopic (exact) mass is 509 g/mol. The summed E-state index contributed by atoms with van der Waals surface area (Å²) < 4.78 is 5.17. The number of carbonyl (C=O) groups excluding carboxylic acids is 2. The van der Waals surface area contributed by atoms with Crippen molar-refractivity contribution in [2.75, 3.05) is 12.4 Å². The SMILES string of the molecule is COc1ccc([C@H](N=C2NC(=O)[C@@H](CC(=O)Nc3ccc(C)cc3)S2)c2c(O)[nH]c(=O)[nH]c2=O)cc1. The predicted molar refractivity (Wildman–Crippen MR) is 136 cm³/mol. The fraction of sp³-hybridized carbons (Fsp3) is 0.208. The molecule has 0 spiro atoms. The number of H-pyrrole nitrogens is 2. The topological polar surface area (TPSA) is 166 Å². The lowest BCUT2D eigenvalue weighted by molar-refractivity contribution is -0.122. The number of aryl methyl sites for hydroxylation is 1. The Morgan fingerprint density at radius 2 is 1.81 bits per heavy atom. The first-order valence-electron chi connectivity index (χ1n) is 10.8. The van der Waals surface area contributed by atoms with Gasteiger partial charge in [0.1, 0.15) is 22.6 Å². The van der Waals surface area contributed by atoms with E-state index >= 15 is 0 Å². The van der Waals surface area contributed by atoms with Gasteiger partial charge in [-0.3, -0.25) is 24.4 Å². The van der Waals surface area contributed by atoms with Crippen LogP contribution in [0.2, 0.25) is 0 Å². The number of aromatic nitrogens is 2. The molecule has 4 rings (SSSR count). The second kappa shape index (κ2) is 10.5. The molecule has 1 saturated heterocycles. The number of hydrogen-bond acceptors (Lipinski definition) is 8. The van der Waals surface area contributed by atoms with Crippen molar-refractivity contribution in [3.8, 4) is 11.6 Å². The standard InChI is InChI=1S/C24H23N5O6S/c1-12-3-7-14(8-4-12)25-17(30)11-16-20(31)29-24(36-16)26-19(13-5-9-15(35-2)10-6-13)18-21(32)27-23(34)28-22(18)33/h3-10,16,19H,11H2,1-2H3,(H,25,30)(H,26,29,31)(H3,27,28,32,33,34)/t16-,19+/m1/s1. The number of aromatic hydroxyl groups is 1. The van der Waals surface area contributed by atoms with Gasteiger partial charge in [0.2, 0.25) is 17.7 Å². The quantitative estimate of drug-likeness (QED) is 0.324. The minimum atomic E-state index is -1.07. The Labute approximate surface area is 209 Å². The lowest BCUT2D eigenvalue weighted by Gasteiger charge is -2.15. The van der Waals surface area contributed by atoms with E-state index in [2.05, 4.69) is 25.6 Å². The largest absolute Gasteiger partial charge is 0.497 e. The molecule has 1 aliphatic rings. The molecular formula is C24H23N5O6S. The first-order chi connectivity index (χ1) is 17.2. The zero-order valence-electron chi connectivity index (χ0n) is 19.3. The van der Waals surface area contributed by atoms with Crippen LogP contribution in [0.15, 0.2) is 63.1 Å². The summed E-state index contributed by atoms with van der Waals surface area (Å²) in [6, 6.07) is 12.8. The number of aliphatic imine (C=N–C) groups is 1. The molecule has 0 bridgehead atoms. The Bertz CT molecular complexity index is 1430. The van der Waals surface area contributed by atoms with Gasteiger partial charge in [0.15, 0.2) is 5.17 Å². The van der Waals surface area contributed by atoms with E-state index in [4.69, 9.17) is 4.74 Å². The zero-order chi connectivity index (χ0) is 25.8. The van der Waals surface area contributed by atoms with Crippen molar-refractivity contribution in [1.82, 2.24) is 15.3 Å². The van der Waals surface area contributed by atoms with Crippen molar-refractivity contribution >= 4 is 34.4 Å². The number of nitrogens with one attached hydrogen (secondary N) is 4. The maximum Gasteiger partial charge on any atom is 0.328 e. The van der Waals surface area contributed by atoms with Crippen LogP contribution in [-0.2, 0) is 9.59 Å². The molecule has 0 saturated carbocycles. The number of ether oxygens (including phenoxy) is 1. The average molecular weight is 510 g/mol. The summed E-state index contributed by atoms with van der Waals surface area (Å²) in [5.41, 5.74) is 0.262. The van der Waals surface area contributed by atoms with Gasteiger partial charge in [0.25, 0.3) is 5.56 Å². The molecule has 1 aliphatic heterocycles. The summed E-state index contributed by atoms with van der Waals surface area (Å²) in [7, 11) is 1.50. The van der Waals surface area contributed by atoms with Crippen LogP contribution in [0, 0.1) is 6.92 Å². The number of amides is 2. The fourth-order valence-electron chi connectivity index (χ4n) is 3.56. The Kier molecular flexibility index (Phi) is 7.25. The van der Waals surface area contributed by atoms with Crippen LogP contribution in [0.4, 0.5) is 5.69 Å². The van der Waals surface area contributed by atoms with Gasteiger partial charge < -0.3 is 20.5 Å². The van der Waals surface area contributed by atoms with Gasteiger partial charge in [-0.05, 0) is 36.8 Å². The van der Waals surface area contributed by atoms with Crippen LogP contribution in [0.25, 0.3) is 0 Å². The predicted octanol–water partition coefficient (Wildman–Crippen LogP) is 1.79. The number of aromatic amines is 2. The molecule has 2 amide bonds. The van der Waals surface area contributed by atoms with Gasteiger partial charge in [0, 0.05) is 12.1 Å². The minimum absolute atomic E-state index is 0.0961. The van der Waals surface area contributed by atoms with Crippen molar-refractivity contribution in [2.24, 2.45) is 4.99 Å². The molecule has 2 atom stereocenters. The van der Waals surface area contributed by atoms with Gasteiger partial charge in [-0.15, -0.1) is 0 Å². The van der Waals surface area contributed by atoms with Gasteiger partial charge in [0.05, 0.1) is 7.11 Å². The van der Waals surface area contributed by atoms with E-state index in [9.17, 15) is 24.3 Å². The average Bonchev–Trinajstić information content (AvgIpc) is 3.17. The first-order valence-corrected chi connectivity index (χ1v) is 11.7. The number of benzene rings is 2. The van der Waals surface area contributed by atoms with Crippen LogP contribution >= 0.6 is 11.8 Å². The van der Waals surface area contributed by atoms with Crippen molar-refractivity contribution in [3.63, 3.8) is 0 Å². The lowest BCUT2D eigenvalue weighted by atomic mass is 10.0. The number of hydrogen-bond donors (Lipinski definition) is 5. The molecular weight excluding hydrogens is 486 g/mol. The number of methoxy groups -OCH3 is 1. The Morgan fingerprint density at radius 1 is 1.11 bits per heavy atom. The third-order valence-electron chi connectivity index (χ3n) is 5.39. The van der Waals surface area contributed by atoms with E-state index in [-0.39, 0.29) is 23.1 Å². The van der Waals surface area contributed by atoms with Gasteiger partial charge in [-0.2, -0.15) is 0 Å². The summed E-state index contributed by atoms with van der Waals surface area (Å²) in [6.07, 6.45) is -0.0961. The van der Waals surface area contributed by atoms with Crippen LogP contribution in [0.3, 0.4) is 0 Å². The van der Waals surface area contributed by atoms with Crippen LogP contribution in [0.1, 0.15) is 29.2 Å². The highest BCUT2D eigenvalue weighted by Gasteiger charge is 2.33. The van der Waals surface area contributed by atoms with Crippen molar-refractivity contribution in [3.05, 3.63) is 86.1 Å². The maximum atomic E-state index is 12.6. The molecule has 12 heteroatoms. The number of nitrogens with zero attached hydrogens (tertiary/aromatic N) is 1. The van der Waals surface area contributed by atoms with E-state index in [0.29, 0.717) is 17.0 Å². The lowest BCUT2D eigenvalue weighted by Crippen LogP contribution is -2.29. The number of rotatable bonds is 7. The maximum absolute atomic E-state index is 12.6. The van der Waals surface area contributed by atoms with E-state index < -0.39 is 34.3 Å². The molecule has 11 nitrogen and oxygen atoms in total. The fourth-order valence-corrected chi connectivity index (χ4v) is 4.56. The molecule has 1 fully saturated rings. The Hall–Kier alpha value is -4.32. The summed E-state index contributed by atoms with van der Waals surface area (Å²) in [4.78, 5) is 57.9. The molecule has 3 aromatic rings. The van der Waals surface area contributed by atoms with Crippen LogP contribution < -0.4 is 26.6 Å². The third-order valence-corrected chi connectivity index (χ3v) is 6.49. The highest BCUT2D eigenvalue weighted by Crippen LogP contribution is 2.32. The molecule has 5 N–H and O–H groups in total. The molecule has 2 aromatic carbocycles. The molecule has 2 heterocycles. The minimum Gasteiger partial charge on any atom is -0.497 e. The summed E-state index contributed by atoms with van der Waals surface area (Å²) in [5, 5.41) is 15.2. The van der Waals surface area contributed by atoms with Gasteiger partial charge in [-0.1, -0.05) is 41.6 Å². The molecule has 36 heavy (non-hydrogen) atoms. The summed E-state index contributed by atoms with van der Waals surface area (Å²) >= 11 is 1.04. The highest BCUT2D eigenvalue weighted by atomic mass is 32.2. The highest BCUT2D eigenvalue weighted by molar-refractivity contribution is 8.15. The number of amidine groups is 1.